The highest BCUT2D eigenvalue weighted by Gasteiger charge is 2.66. The van der Waals surface area contributed by atoms with Gasteiger partial charge in [-0.15, -0.1) is 0 Å². The molecular weight excluding hydrogens is 192 g/mol. The van der Waals surface area contributed by atoms with Crippen LogP contribution >= 0.6 is 0 Å². The van der Waals surface area contributed by atoms with Gasteiger partial charge in [-0.3, -0.25) is 0 Å². The second-order valence-electron chi connectivity index (χ2n) is 7.88. The van der Waals surface area contributed by atoms with Crippen molar-refractivity contribution in [1.29, 1.82) is 0 Å². The van der Waals surface area contributed by atoms with Crippen molar-refractivity contribution in [3.63, 3.8) is 0 Å². The quantitative estimate of drug-likeness (QED) is 0.617. The maximum atomic E-state index is 2.58. The Morgan fingerprint density at radius 3 is 1.88 bits per heavy atom. The van der Waals surface area contributed by atoms with E-state index in [0.29, 0.717) is 10.8 Å². The van der Waals surface area contributed by atoms with E-state index in [2.05, 4.69) is 48.5 Å². The molecule has 0 aromatic heterocycles. The van der Waals surface area contributed by atoms with Crippen LogP contribution in [0.15, 0.2) is 0 Å². The number of fused-ring (bicyclic) bond motifs is 2. The van der Waals surface area contributed by atoms with Gasteiger partial charge in [0.05, 0.1) is 0 Å². The summed E-state index contributed by atoms with van der Waals surface area (Å²) in [6.07, 6.45) is 2.95. The van der Waals surface area contributed by atoms with Crippen LogP contribution in [0, 0.1) is 40.4 Å². The molecule has 0 aromatic rings. The maximum absolute atomic E-state index is 2.58. The smallest absolute Gasteiger partial charge is 0.0238 e. The average Bonchev–Trinajstić information content (AvgIpc) is 2.45. The normalized spacial score (nSPS) is 45.9. The fourth-order valence-electron chi connectivity index (χ4n) is 5.57. The molecule has 4 atom stereocenters. The molecule has 0 N–H and O–H groups in total. The Balaban J connectivity index is 2.44. The lowest BCUT2D eigenvalue weighted by atomic mass is 9.61. The Kier molecular flexibility index (Phi) is 2.72. The molecule has 4 unspecified atom stereocenters. The van der Waals surface area contributed by atoms with E-state index in [4.69, 9.17) is 0 Å². The summed E-state index contributed by atoms with van der Waals surface area (Å²) in [4.78, 5) is 0. The van der Waals surface area contributed by atoms with Crippen molar-refractivity contribution in [3.05, 3.63) is 0 Å². The minimum atomic E-state index is 0.566. The Morgan fingerprint density at radius 1 is 0.938 bits per heavy atom. The molecule has 0 saturated heterocycles. The van der Waals surface area contributed by atoms with Crippen LogP contribution in [-0.2, 0) is 0 Å². The van der Waals surface area contributed by atoms with Gasteiger partial charge in [-0.05, 0) is 53.3 Å². The molecule has 2 saturated carbocycles. The van der Waals surface area contributed by atoms with E-state index in [1.165, 1.54) is 12.8 Å². The first-order valence-electron chi connectivity index (χ1n) is 7.23. The summed E-state index contributed by atoms with van der Waals surface area (Å²) in [7, 11) is 0. The van der Waals surface area contributed by atoms with Gasteiger partial charge < -0.3 is 0 Å². The fraction of sp³-hybridized carbons (Fsp3) is 1.00. The molecule has 94 valence electrons. The zero-order valence-corrected chi connectivity index (χ0v) is 12.3. The second kappa shape index (κ2) is 3.50. The molecule has 0 radical (unpaired) electrons. The van der Waals surface area contributed by atoms with E-state index in [9.17, 15) is 0 Å². The summed E-state index contributed by atoms with van der Waals surface area (Å²) in [5.41, 5.74) is 1.16. The largest absolute Gasteiger partial charge is 0.0625 e. The first-order chi connectivity index (χ1) is 7.23. The summed E-state index contributed by atoms with van der Waals surface area (Å²) >= 11 is 0. The molecule has 0 heteroatoms. The van der Waals surface area contributed by atoms with E-state index in [0.717, 1.165) is 29.6 Å². The molecule has 2 bridgehead atoms. The lowest BCUT2D eigenvalue weighted by Gasteiger charge is -2.43. The van der Waals surface area contributed by atoms with Gasteiger partial charge in [0, 0.05) is 0 Å². The summed E-state index contributed by atoms with van der Waals surface area (Å²) in [5.74, 6) is 4.60. The second-order valence-corrected chi connectivity index (χ2v) is 7.88. The van der Waals surface area contributed by atoms with Gasteiger partial charge >= 0.3 is 0 Å². The maximum Gasteiger partial charge on any atom is -0.0238 e. The molecule has 0 heterocycles. The summed E-state index contributed by atoms with van der Waals surface area (Å²) in [6, 6.07) is 0. The molecule has 0 amide bonds. The summed E-state index contributed by atoms with van der Waals surface area (Å²) < 4.78 is 0. The van der Waals surface area contributed by atoms with Crippen LogP contribution < -0.4 is 0 Å². The van der Waals surface area contributed by atoms with Crippen molar-refractivity contribution in [2.45, 2.75) is 61.3 Å². The first-order valence-corrected chi connectivity index (χ1v) is 7.23. The van der Waals surface area contributed by atoms with Crippen LogP contribution in [0.1, 0.15) is 61.3 Å². The number of hydrogen-bond donors (Lipinski definition) is 0. The highest BCUT2D eigenvalue weighted by molar-refractivity contribution is 5.14. The zero-order valence-electron chi connectivity index (χ0n) is 12.3. The van der Waals surface area contributed by atoms with E-state index in [1.807, 2.05) is 0 Å². The van der Waals surface area contributed by atoms with Crippen molar-refractivity contribution < 1.29 is 0 Å². The van der Waals surface area contributed by atoms with Crippen LogP contribution in [0.3, 0.4) is 0 Å². The van der Waals surface area contributed by atoms with Crippen LogP contribution in [0.5, 0.6) is 0 Å². The van der Waals surface area contributed by atoms with E-state index >= 15 is 0 Å². The molecule has 0 aliphatic heterocycles. The van der Waals surface area contributed by atoms with Crippen molar-refractivity contribution in [3.8, 4) is 0 Å². The molecular formula is C16H30. The van der Waals surface area contributed by atoms with Crippen LogP contribution in [0.25, 0.3) is 0 Å². The summed E-state index contributed by atoms with van der Waals surface area (Å²) in [6.45, 7) is 17.5. The third-order valence-electron chi connectivity index (χ3n) is 6.48. The molecule has 2 aliphatic rings. The minimum absolute atomic E-state index is 0.566. The predicted molar refractivity (Wildman–Crippen MR) is 71.3 cm³/mol. The van der Waals surface area contributed by atoms with E-state index < -0.39 is 0 Å². The Morgan fingerprint density at radius 2 is 1.50 bits per heavy atom. The Labute approximate surface area is 102 Å². The molecule has 2 aliphatic carbocycles. The van der Waals surface area contributed by atoms with Gasteiger partial charge in [-0.25, -0.2) is 0 Å². The highest BCUT2D eigenvalue weighted by atomic mass is 14.7. The molecule has 2 rings (SSSR count). The molecule has 0 spiro atoms. The van der Waals surface area contributed by atoms with Gasteiger partial charge in [0.15, 0.2) is 0 Å². The monoisotopic (exact) mass is 222 g/mol. The Bertz CT molecular complexity index is 274. The lowest BCUT2D eigenvalue weighted by molar-refractivity contribution is 0.0485. The van der Waals surface area contributed by atoms with Crippen molar-refractivity contribution >= 4 is 0 Å². The highest BCUT2D eigenvalue weighted by Crippen LogP contribution is 2.72. The van der Waals surface area contributed by atoms with Gasteiger partial charge in [0.25, 0.3) is 0 Å². The third kappa shape index (κ3) is 1.28. The average molecular weight is 222 g/mol. The Hall–Kier alpha value is 0. The van der Waals surface area contributed by atoms with E-state index in [1.54, 1.807) is 0 Å². The van der Waals surface area contributed by atoms with Crippen LogP contribution in [-0.4, -0.2) is 0 Å². The minimum Gasteiger partial charge on any atom is -0.0625 e. The van der Waals surface area contributed by atoms with E-state index in [-0.39, 0.29) is 0 Å². The van der Waals surface area contributed by atoms with Gasteiger partial charge in [0.1, 0.15) is 0 Å². The van der Waals surface area contributed by atoms with Crippen LogP contribution in [0.4, 0.5) is 0 Å². The van der Waals surface area contributed by atoms with Gasteiger partial charge in [-0.2, -0.15) is 0 Å². The zero-order chi connectivity index (χ0) is 12.3. The van der Waals surface area contributed by atoms with Gasteiger partial charge in [0.2, 0.25) is 0 Å². The SMILES string of the molecule is CC(C)C1C2CCC(C)(C1C(C)C)C2(C)C. The van der Waals surface area contributed by atoms with Gasteiger partial charge in [-0.1, -0.05) is 48.5 Å². The topological polar surface area (TPSA) is 0 Å². The summed E-state index contributed by atoms with van der Waals surface area (Å²) in [5, 5.41) is 0. The third-order valence-corrected chi connectivity index (χ3v) is 6.48. The van der Waals surface area contributed by atoms with Crippen molar-refractivity contribution in [1.82, 2.24) is 0 Å². The lowest BCUT2D eigenvalue weighted by Crippen LogP contribution is -2.37. The predicted octanol–water partition coefficient (Wildman–Crippen LogP) is 4.99. The van der Waals surface area contributed by atoms with Crippen LogP contribution in [0.2, 0.25) is 0 Å². The van der Waals surface area contributed by atoms with Crippen molar-refractivity contribution in [2.24, 2.45) is 40.4 Å². The molecule has 2 fully saturated rings. The first kappa shape index (κ1) is 12.5. The molecule has 0 aromatic carbocycles. The molecule has 16 heavy (non-hydrogen) atoms. The fourth-order valence-corrected chi connectivity index (χ4v) is 5.57. The number of rotatable bonds is 2. The standard InChI is InChI=1S/C16H30/c1-10(2)13-12-8-9-16(7,15(12,5)6)14(13)11(3)4/h10-14H,8-9H2,1-7H3. The van der Waals surface area contributed by atoms with Crippen molar-refractivity contribution in [2.75, 3.05) is 0 Å². The molecule has 0 nitrogen and oxygen atoms in total. The number of hydrogen-bond acceptors (Lipinski definition) is 0.